The Morgan fingerprint density at radius 3 is 2.33 bits per heavy atom. The minimum absolute atomic E-state index is 0.0480. The van der Waals surface area contributed by atoms with E-state index in [4.69, 9.17) is 14.2 Å². The summed E-state index contributed by atoms with van der Waals surface area (Å²) < 4.78 is 42.7. The summed E-state index contributed by atoms with van der Waals surface area (Å²) in [4.78, 5) is 29.5. The number of sulfone groups is 1. The SMILES string of the molecule is COC(=O)Cn1c(=NC(=O)c2cccc(S(=O)(=O)C(C)C)c2)sc2cc(OC)c(OC)cc21. The number of fused-ring (bicyclic) bond motifs is 1. The summed E-state index contributed by atoms with van der Waals surface area (Å²) in [5, 5.41) is -0.630. The predicted octanol–water partition coefficient (Wildman–Crippen LogP) is 2.82. The van der Waals surface area contributed by atoms with Gasteiger partial charge >= 0.3 is 5.97 Å². The quantitative estimate of drug-likeness (QED) is 0.466. The van der Waals surface area contributed by atoms with Crippen LogP contribution < -0.4 is 14.3 Å². The van der Waals surface area contributed by atoms with Gasteiger partial charge in [-0.05, 0) is 32.0 Å². The molecule has 3 aromatic rings. The fourth-order valence-corrected chi connectivity index (χ4v) is 5.20. The summed E-state index contributed by atoms with van der Waals surface area (Å²) >= 11 is 1.18. The molecule has 0 unspecified atom stereocenters. The number of thiazole rings is 1. The van der Waals surface area contributed by atoms with Gasteiger partial charge in [0.15, 0.2) is 26.1 Å². The molecule has 0 aliphatic rings. The van der Waals surface area contributed by atoms with E-state index >= 15 is 0 Å². The molecule has 9 nitrogen and oxygen atoms in total. The molecule has 0 N–H and O–H groups in total. The number of benzene rings is 2. The van der Waals surface area contributed by atoms with E-state index < -0.39 is 27.0 Å². The van der Waals surface area contributed by atoms with Gasteiger partial charge < -0.3 is 18.8 Å². The van der Waals surface area contributed by atoms with Gasteiger partial charge in [-0.1, -0.05) is 17.4 Å². The summed E-state index contributed by atoms with van der Waals surface area (Å²) in [5.74, 6) is -0.227. The van der Waals surface area contributed by atoms with Crippen LogP contribution in [0.25, 0.3) is 10.2 Å². The molecular weight excluding hydrogens is 468 g/mol. The molecule has 176 valence electrons. The minimum atomic E-state index is -3.55. The van der Waals surface area contributed by atoms with Crippen LogP contribution in [0, 0.1) is 0 Å². The van der Waals surface area contributed by atoms with Crippen LogP contribution >= 0.6 is 11.3 Å². The number of nitrogens with zero attached hydrogens (tertiary/aromatic N) is 2. The van der Waals surface area contributed by atoms with E-state index in [1.54, 1.807) is 30.5 Å². The highest BCUT2D eigenvalue weighted by Crippen LogP contribution is 2.33. The lowest BCUT2D eigenvalue weighted by atomic mass is 10.2. The average Bonchev–Trinajstić information content (AvgIpc) is 3.13. The molecule has 1 amide bonds. The van der Waals surface area contributed by atoms with E-state index in [0.29, 0.717) is 21.7 Å². The Labute approximate surface area is 195 Å². The van der Waals surface area contributed by atoms with Crippen LogP contribution in [0.15, 0.2) is 46.3 Å². The second kappa shape index (κ2) is 9.75. The molecule has 0 spiro atoms. The normalized spacial score (nSPS) is 12.2. The van der Waals surface area contributed by atoms with E-state index in [2.05, 4.69) is 4.99 Å². The fourth-order valence-electron chi connectivity index (χ4n) is 3.06. The molecule has 0 fully saturated rings. The topological polar surface area (TPSA) is 113 Å². The maximum absolute atomic E-state index is 13.0. The average molecular weight is 493 g/mol. The number of aromatic nitrogens is 1. The summed E-state index contributed by atoms with van der Waals surface area (Å²) in [6.07, 6.45) is 0. The first-order valence-electron chi connectivity index (χ1n) is 9.87. The number of methoxy groups -OCH3 is 3. The highest BCUT2D eigenvalue weighted by atomic mass is 32.2. The molecule has 0 aliphatic heterocycles. The van der Waals surface area contributed by atoms with Crippen LogP contribution in [0.4, 0.5) is 0 Å². The molecule has 11 heteroatoms. The third kappa shape index (κ3) is 4.93. The van der Waals surface area contributed by atoms with Gasteiger partial charge in [0, 0.05) is 17.7 Å². The number of carbonyl (C=O) groups is 2. The van der Waals surface area contributed by atoms with Crippen molar-refractivity contribution in [2.24, 2.45) is 4.99 Å². The van der Waals surface area contributed by atoms with Gasteiger partial charge in [0.1, 0.15) is 6.54 Å². The Morgan fingerprint density at radius 2 is 1.73 bits per heavy atom. The van der Waals surface area contributed by atoms with Gasteiger partial charge in [-0.2, -0.15) is 4.99 Å². The van der Waals surface area contributed by atoms with Crippen LogP contribution in [-0.4, -0.2) is 51.4 Å². The maximum atomic E-state index is 13.0. The highest BCUT2D eigenvalue weighted by Gasteiger charge is 2.21. The first kappa shape index (κ1) is 24.5. The monoisotopic (exact) mass is 492 g/mol. The van der Waals surface area contributed by atoms with Crippen molar-refractivity contribution in [1.82, 2.24) is 4.57 Å². The minimum Gasteiger partial charge on any atom is -0.493 e. The number of rotatable bonds is 7. The number of hydrogen-bond acceptors (Lipinski definition) is 8. The van der Waals surface area contributed by atoms with Crippen LogP contribution in [0.1, 0.15) is 24.2 Å². The number of amides is 1. The molecule has 0 atom stereocenters. The van der Waals surface area contributed by atoms with Crippen LogP contribution in [-0.2, 0) is 25.9 Å². The molecular formula is C22H24N2O7S2. The van der Waals surface area contributed by atoms with E-state index in [1.165, 1.54) is 56.9 Å². The largest absolute Gasteiger partial charge is 0.493 e. The smallest absolute Gasteiger partial charge is 0.325 e. The summed E-state index contributed by atoms with van der Waals surface area (Å²) in [6, 6.07) is 9.17. The molecule has 33 heavy (non-hydrogen) atoms. The molecule has 2 aromatic carbocycles. The zero-order valence-electron chi connectivity index (χ0n) is 18.8. The van der Waals surface area contributed by atoms with Crippen LogP contribution in [0.2, 0.25) is 0 Å². The van der Waals surface area contributed by atoms with Crippen molar-refractivity contribution in [1.29, 1.82) is 0 Å². The van der Waals surface area contributed by atoms with E-state index in [0.717, 1.165) is 0 Å². The Bertz CT molecular complexity index is 1390. The van der Waals surface area contributed by atoms with E-state index in [-0.39, 0.29) is 21.8 Å². The Balaban J connectivity index is 2.18. The number of esters is 1. The van der Waals surface area contributed by atoms with Crippen molar-refractivity contribution in [3.8, 4) is 11.5 Å². The van der Waals surface area contributed by atoms with Gasteiger partial charge in [-0.15, -0.1) is 0 Å². The van der Waals surface area contributed by atoms with Crippen molar-refractivity contribution in [3.05, 3.63) is 46.8 Å². The second-order valence-corrected chi connectivity index (χ2v) is 10.8. The lowest BCUT2D eigenvalue weighted by Gasteiger charge is -2.09. The van der Waals surface area contributed by atoms with E-state index in [9.17, 15) is 18.0 Å². The Hall–Kier alpha value is -3.18. The lowest BCUT2D eigenvalue weighted by molar-refractivity contribution is -0.141. The highest BCUT2D eigenvalue weighted by molar-refractivity contribution is 7.92. The van der Waals surface area contributed by atoms with Crippen LogP contribution in [0.3, 0.4) is 0 Å². The molecule has 0 saturated heterocycles. The van der Waals surface area contributed by atoms with E-state index in [1.807, 2.05) is 0 Å². The van der Waals surface area contributed by atoms with Gasteiger partial charge in [-0.25, -0.2) is 8.42 Å². The summed E-state index contributed by atoms with van der Waals surface area (Å²) in [5.41, 5.74) is 0.722. The maximum Gasteiger partial charge on any atom is 0.325 e. The third-order valence-corrected chi connectivity index (χ3v) is 8.12. The number of hydrogen-bond donors (Lipinski definition) is 0. The van der Waals surface area contributed by atoms with Gasteiger partial charge in [0.05, 0.1) is 41.7 Å². The van der Waals surface area contributed by atoms with Gasteiger partial charge in [0.2, 0.25) is 0 Å². The van der Waals surface area contributed by atoms with Crippen molar-refractivity contribution in [2.75, 3.05) is 21.3 Å². The Morgan fingerprint density at radius 1 is 1.06 bits per heavy atom. The van der Waals surface area contributed by atoms with Crippen molar-refractivity contribution >= 4 is 43.3 Å². The molecule has 1 aromatic heterocycles. The fraction of sp³-hybridized carbons (Fsp3) is 0.318. The first-order valence-corrected chi connectivity index (χ1v) is 12.2. The third-order valence-electron chi connectivity index (χ3n) is 4.93. The molecule has 0 radical (unpaired) electrons. The zero-order valence-corrected chi connectivity index (χ0v) is 20.5. The van der Waals surface area contributed by atoms with Crippen molar-refractivity contribution < 1.29 is 32.2 Å². The molecule has 0 aliphatic carbocycles. The van der Waals surface area contributed by atoms with Crippen molar-refractivity contribution in [3.63, 3.8) is 0 Å². The molecule has 3 rings (SSSR count). The molecule has 0 bridgehead atoms. The molecule has 1 heterocycles. The van der Waals surface area contributed by atoms with Gasteiger partial charge in [0.25, 0.3) is 5.91 Å². The zero-order chi connectivity index (χ0) is 24.3. The standard InChI is InChI=1S/C22H24N2O7S2/c1-13(2)33(27,28)15-8-6-7-14(9-15)21(26)23-22-24(12-20(25)31-5)16-10-17(29-3)18(30-4)11-19(16)32-22/h6-11,13H,12H2,1-5H3. The summed E-state index contributed by atoms with van der Waals surface area (Å²) in [7, 11) is 0.713. The summed E-state index contributed by atoms with van der Waals surface area (Å²) in [6.45, 7) is 2.97. The number of carbonyl (C=O) groups excluding carboxylic acids is 2. The number of ether oxygens (including phenoxy) is 3. The lowest BCUT2D eigenvalue weighted by Crippen LogP contribution is -2.22. The first-order chi connectivity index (χ1) is 15.6. The van der Waals surface area contributed by atoms with Crippen LogP contribution in [0.5, 0.6) is 11.5 Å². The van der Waals surface area contributed by atoms with Crippen molar-refractivity contribution in [2.45, 2.75) is 30.5 Å². The Kier molecular flexibility index (Phi) is 7.23. The second-order valence-electron chi connectivity index (χ2n) is 7.26. The van der Waals surface area contributed by atoms with Gasteiger partial charge in [-0.3, -0.25) is 9.59 Å². The predicted molar refractivity (Wildman–Crippen MR) is 124 cm³/mol. The molecule has 0 saturated carbocycles.